The van der Waals surface area contributed by atoms with Gasteiger partial charge in [-0.2, -0.15) is 0 Å². The molecule has 0 aromatic carbocycles. The number of rotatable bonds is 3. The normalized spacial score (nSPS) is 25.4. The van der Waals surface area contributed by atoms with Gasteiger partial charge < -0.3 is 19.6 Å². The van der Waals surface area contributed by atoms with Crippen molar-refractivity contribution in [3.63, 3.8) is 0 Å². The van der Waals surface area contributed by atoms with Crippen LogP contribution < -0.4 is 0 Å². The SMILES string of the molecule is O=C(c1ccn2nnnc2c1)N1CCOC[C@@](O)(CN2CCCC2)C1. The number of carbonyl (C=O) groups excluding carboxylic acids is 1. The molecule has 1 N–H and O–H groups in total. The Balaban J connectivity index is 1.52. The van der Waals surface area contributed by atoms with Crippen LogP contribution in [0.3, 0.4) is 0 Å². The van der Waals surface area contributed by atoms with Crippen molar-refractivity contribution >= 4 is 11.6 Å². The van der Waals surface area contributed by atoms with Crippen LogP contribution in [-0.4, -0.2) is 92.4 Å². The van der Waals surface area contributed by atoms with E-state index in [1.54, 1.807) is 23.2 Å². The lowest BCUT2D eigenvalue weighted by Crippen LogP contribution is -2.53. The zero-order chi connectivity index (χ0) is 17.3. The van der Waals surface area contributed by atoms with Crippen molar-refractivity contribution in [3.05, 3.63) is 23.9 Å². The first kappa shape index (κ1) is 16.4. The average Bonchev–Trinajstić information content (AvgIpc) is 3.23. The molecular formula is C16H22N6O3. The molecule has 2 fully saturated rings. The molecule has 2 aliphatic heterocycles. The number of pyridine rings is 1. The van der Waals surface area contributed by atoms with Crippen molar-refractivity contribution in [2.24, 2.45) is 0 Å². The van der Waals surface area contributed by atoms with Crippen LogP contribution in [0.1, 0.15) is 23.2 Å². The number of nitrogens with zero attached hydrogens (tertiary/aromatic N) is 6. The van der Waals surface area contributed by atoms with Gasteiger partial charge in [0.25, 0.3) is 5.91 Å². The summed E-state index contributed by atoms with van der Waals surface area (Å²) >= 11 is 0. The monoisotopic (exact) mass is 346 g/mol. The van der Waals surface area contributed by atoms with Crippen LogP contribution in [0.15, 0.2) is 18.3 Å². The molecule has 0 radical (unpaired) electrons. The number of β-amino-alcohol motifs (C(OH)–C–C–N with tert-alkyl or cyclic N) is 1. The van der Waals surface area contributed by atoms with Gasteiger partial charge in [-0.25, -0.2) is 4.52 Å². The maximum Gasteiger partial charge on any atom is 0.254 e. The molecule has 25 heavy (non-hydrogen) atoms. The lowest BCUT2D eigenvalue weighted by molar-refractivity contribution is -0.0524. The summed E-state index contributed by atoms with van der Waals surface area (Å²) in [5, 5.41) is 22.3. The number of hydrogen-bond donors (Lipinski definition) is 1. The van der Waals surface area contributed by atoms with Crippen LogP contribution in [-0.2, 0) is 4.74 Å². The van der Waals surface area contributed by atoms with E-state index in [2.05, 4.69) is 20.4 Å². The number of likely N-dealkylation sites (tertiary alicyclic amines) is 1. The van der Waals surface area contributed by atoms with Crippen LogP contribution in [0.2, 0.25) is 0 Å². The molecule has 1 atom stereocenters. The van der Waals surface area contributed by atoms with Crippen molar-refractivity contribution in [2.45, 2.75) is 18.4 Å². The molecule has 4 heterocycles. The zero-order valence-corrected chi connectivity index (χ0v) is 14.0. The van der Waals surface area contributed by atoms with Crippen molar-refractivity contribution in [1.82, 2.24) is 29.8 Å². The van der Waals surface area contributed by atoms with E-state index in [9.17, 15) is 9.90 Å². The Kier molecular flexibility index (Phi) is 4.36. The van der Waals surface area contributed by atoms with E-state index >= 15 is 0 Å². The first-order valence-corrected chi connectivity index (χ1v) is 8.63. The number of amides is 1. The summed E-state index contributed by atoms with van der Waals surface area (Å²) in [5.74, 6) is -0.143. The second-order valence-corrected chi connectivity index (χ2v) is 6.88. The van der Waals surface area contributed by atoms with E-state index in [0.29, 0.717) is 30.9 Å². The quantitative estimate of drug-likeness (QED) is 0.794. The summed E-state index contributed by atoms with van der Waals surface area (Å²) in [5.41, 5.74) is -0.0196. The molecule has 2 aromatic heterocycles. The van der Waals surface area contributed by atoms with Crippen molar-refractivity contribution in [3.8, 4) is 0 Å². The second kappa shape index (κ2) is 6.66. The Morgan fingerprint density at radius 2 is 2.16 bits per heavy atom. The molecule has 0 bridgehead atoms. The van der Waals surface area contributed by atoms with Gasteiger partial charge in [-0.1, -0.05) is 0 Å². The number of hydrogen-bond acceptors (Lipinski definition) is 7. The maximum absolute atomic E-state index is 12.9. The van der Waals surface area contributed by atoms with Crippen molar-refractivity contribution in [1.29, 1.82) is 0 Å². The van der Waals surface area contributed by atoms with E-state index in [1.807, 2.05) is 0 Å². The van der Waals surface area contributed by atoms with Crippen LogP contribution in [0.4, 0.5) is 0 Å². The molecule has 9 heteroatoms. The molecular weight excluding hydrogens is 324 g/mol. The number of aliphatic hydroxyl groups is 1. The first-order valence-electron chi connectivity index (χ1n) is 8.63. The molecule has 9 nitrogen and oxygen atoms in total. The molecule has 134 valence electrons. The van der Waals surface area contributed by atoms with Crippen LogP contribution >= 0.6 is 0 Å². The Morgan fingerprint density at radius 1 is 1.32 bits per heavy atom. The third-order valence-electron chi connectivity index (χ3n) is 4.81. The van der Waals surface area contributed by atoms with Gasteiger partial charge in [-0.15, -0.1) is 5.10 Å². The zero-order valence-electron chi connectivity index (χ0n) is 14.0. The largest absolute Gasteiger partial charge is 0.384 e. The minimum absolute atomic E-state index is 0.143. The summed E-state index contributed by atoms with van der Waals surface area (Å²) in [6.07, 6.45) is 3.98. The van der Waals surface area contributed by atoms with Gasteiger partial charge in [0.2, 0.25) is 0 Å². The van der Waals surface area contributed by atoms with Crippen molar-refractivity contribution in [2.75, 3.05) is 45.9 Å². The van der Waals surface area contributed by atoms with E-state index in [0.717, 1.165) is 25.9 Å². The molecule has 2 saturated heterocycles. The molecule has 0 spiro atoms. The molecule has 4 rings (SSSR count). The fourth-order valence-electron chi connectivity index (χ4n) is 3.60. The smallest absolute Gasteiger partial charge is 0.254 e. The van der Waals surface area contributed by atoms with E-state index in [4.69, 9.17) is 4.74 Å². The lowest BCUT2D eigenvalue weighted by Gasteiger charge is -2.34. The third kappa shape index (κ3) is 3.48. The highest BCUT2D eigenvalue weighted by molar-refractivity contribution is 5.95. The fraction of sp³-hybridized carbons (Fsp3) is 0.625. The first-order chi connectivity index (χ1) is 12.1. The van der Waals surface area contributed by atoms with Gasteiger partial charge in [0, 0.05) is 24.8 Å². The Labute approximate surface area is 145 Å². The number of aromatic nitrogens is 4. The predicted octanol–water partition coefficient (Wildman–Crippen LogP) is -0.576. The van der Waals surface area contributed by atoms with Crippen LogP contribution in [0.5, 0.6) is 0 Å². The Morgan fingerprint density at radius 3 is 3.00 bits per heavy atom. The molecule has 2 aliphatic rings. The molecule has 0 unspecified atom stereocenters. The standard InChI is InChI=1S/C16H22N6O3/c23-15(13-3-6-22-14(9-13)17-18-19-22)21-7-8-25-12-16(24,11-21)10-20-4-1-2-5-20/h3,6,9,24H,1-2,4-5,7-8,10-12H2/t16-/m1/s1. The minimum Gasteiger partial charge on any atom is -0.384 e. The predicted molar refractivity (Wildman–Crippen MR) is 88.1 cm³/mol. The average molecular weight is 346 g/mol. The lowest BCUT2D eigenvalue weighted by atomic mass is 10.0. The Hall–Kier alpha value is -2.10. The number of carbonyl (C=O) groups is 1. The van der Waals surface area contributed by atoms with Gasteiger partial charge in [-0.05, 0) is 48.5 Å². The number of fused-ring (bicyclic) bond motifs is 1. The summed E-state index contributed by atoms with van der Waals surface area (Å²) < 4.78 is 7.09. The highest BCUT2D eigenvalue weighted by Gasteiger charge is 2.36. The van der Waals surface area contributed by atoms with Crippen LogP contribution in [0.25, 0.3) is 5.65 Å². The van der Waals surface area contributed by atoms with Gasteiger partial charge in [-0.3, -0.25) is 4.79 Å². The molecule has 0 saturated carbocycles. The highest BCUT2D eigenvalue weighted by Crippen LogP contribution is 2.19. The van der Waals surface area contributed by atoms with E-state index in [-0.39, 0.29) is 19.1 Å². The second-order valence-electron chi connectivity index (χ2n) is 6.88. The maximum atomic E-state index is 12.9. The summed E-state index contributed by atoms with van der Waals surface area (Å²) in [4.78, 5) is 16.8. The highest BCUT2D eigenvalue weighted by atomic mass is 16.5. The summed E-state index contributed by atoms with van der Waals surface area (Å²) in [6.45, 7) is 3.91. The summed E-state index contributed by atoms with van der Waals surface area (Å²) in [6, 6.07) is 3.35. The summed E-state index contributed by atoms with van der Waals surface area (Å²) in [7, 11) is 0. The topological polar surface area (TPSA) is 96.1 Å². The van der Waals surface area contributed by atoms with Crippen LogP contribution in [0, 0.1) is 0 Å². The number of tetrazole rings is 1. The van der Waals surface area contributed by atoms with Gasteiger partial charge in [0.05, 0.1) is 19.8 Å². The molecule has 2 aromatic rings. The molecule has 1 amide bonds. The van der Waals surface area contributed by atoms with E-state index in [1.165, 1.54) is 4.52 Å². The minimum atomic E-state index is -1.04. The third-order valence-corrected chi connectivity index (χ3v) is 4.81. The van der Waals surface area contributed by atoms with Gasteiger partial charge >= 0.3 is 0 Å². The Bertz CT molecular complexity index is 759. The molecule has 0 aliphatic carbocycles. The van der Waals surface area contributed by atoms with Gasteiger partial charge in [0.1, 0.15) is 5.60 Å². The van der Waals surface area contributed by atoms with E-state index < -0.39 is 5.60 Å². The van der Waals surface area contributed by atoms with Crippen molar-refractivity contribution < 1.29 is 14.6 Å². The van der Waals surface area contributed by atoms with Gasteiger partial charge in [0.15, 0.2) is 5.65 Å². The number of ether oxygens (including phenoxy) is 1. The fourth-order valence-corrected chi connectivity index (χ4v) is 3.60.